The molecule has 0 saturated carbocycles. The van der Waals surface area contributed by atoms with Crippen molar-refractivity contribution < 1.29 is 26.2 Å². The molecule has 11 heteroatoms. The Morgan fingerprint density at radius 1 is 1.11 bits per heavy atom. The highest BCUT2D eigenvalue weighted by molar-refractivity contribution is 7.85. The third kappa shape index (κ3) is 4.22. The summed E-state index contributed by atoms with van der Waals surface area (Å²) in [5.74, 6) is -1.03. The fourth-order valence-corrected chi connectivity index (χ4v) is 7.66. The number of nitrogens with one attached hydrogen (secondary N) is 1. The monoisotopic (exact) mass is 555 g/mol. The van der Waals surface area contributed by atoms with Gasteiger partial charge in [0, 0.05) is 25.2 Å². The molecular weight excluding hydrogens is 522 g/mol. The van der Waals surface area contributed by atoms with Crippen LogP contribution < -0.4 is 5.32 Å². The first-order valence-corrected chi connectivity index (χ1v) is 15.0. The number of hydrogen-bond donors (Lipinski definition) is 1. The molecule has 0 aliphatic carbocycles. The van der Waals surface area contributed by atoms with Gasteiger partial charge in [-0.1, -0.05) is 81.4 Å². The lowest BCUT2D eigenvalue weighted by Gasteiger charge is -2.70. The number of benzene rings is 2. The predicted octanol–water partition coefficient (Wildman–Crippen LogP) is 2.08. The van der Waals surface area contributed by atoms with Gasteiger partial charge < -0.3 is 19.1 Å². The van der Waals surface area contributed by atoms with Crippen LogP contribution in [0.15, 0.2) is 71.3 Å². The van der Waals surface area contributed by atoms with Gasteiger partial charge in [-0.25, -0.2) is 4.98 Å². The van der Waals surface area contributed by atoms with Crippen molar-refractivity contribution in [2.75, 3.05) is 19.6 Å². The summed E-state index contributed by atoms with van der Waals surface area (Å²) >= 11 is 0. The Labute approximate surface area is 226 Å². The summed E-state index contributed by atoms with van der Waals surface area (Å²) in [6, 6.07) is 19.9. The molecular formula is C27H33N3O6SSi. The maximum atomic E-state index is 14.0. The van der Waals surface area contributed by atoms with Gasteiger partial charge in [0.15, 0.2) is 17.2 Å². The molecule has 2 unspecified atom stereocenters. The minimum Gasteiger partial charge on any atom is -0.447 e. The summed E-state index contributed by atoms with van der Waals surface area (Å²) < 4.78 is 41.9. The van der Waals surface area contributed by atoms with Crippen LogP contribution in [0.25, 0.3) is 0 Å². The Balaban J connectivity index is 1.53. The summed E-state index contributed by atoms with van der Waals surface area (Å²) in [5, 5.41) is 2.96. The molecule has 0 bridgehead atoms. The van der Waals surface area contributed by atoms with E-state index in [0.29, 0.717) is 30.1 Å². The van der Waals surface area contributed by atoms with E-state index in [0.717, 1.165) is 11.1 Å². The van der Waals surface area contributed by atoms with Gasteiger partial charge in [0.05, 0.1) is 5.41 Å². The SMILES string of the molecule is CC(C)(C)C1(c2ccccc2)CN(C(=O)c2coc(CS(=O)(=O)OC3CNC3)n2)C1(O[SiH3])c1ccccc1. The van der Waals surface area contributed by atoms with Crippen molar-refractivity contribution in [3.8, 4) is 0 Å². The van der Waals surface area contributed by atoms with Gasteiger partial charge in [0.2, 0.25) is 5.89 Å². The van der Waals surface area contributed by atoms with Crippen molar-refractivity contribution in [1.82, 2.24) is 15.2 Å². The average Bonchev–Trinajstić information content (AvgIpc) is 3.30. The fraction of sp³-hybridized carbons (Fsp3) is 0.407. The molecule has 9 nitrogen and oxygen atoms in total. The number of nitrogens with zero attached hydrogens (tertiary/aromatic N) is 2. The molecule has 2 aromatic carbocycles. The van der Waals surface area contributed by atoms with Crippen LogP contribution in [-0.4, -0.2) is 60.4 Å². The van der Waals surface area contributed by atoms with E-state index < -0.39 is 39.0 Å². The molecule has 0 radical (unpaired) electrons. The van der Waals surface area contributed by atoms with Gasteiger partial charge in [0.1, 0.15) is 22.9 Å². The van der Waals surface area contributed by atoms with E-state index in [1.54, 1.807) is 4.90 Å². The number of carbonyl (C=O) groups is 1. The van der Waals surface area contributed by atoms with Crippen molar-refractivity contribution in [2.24, 2.45) is 5.41 Å². The summed E-state index contributed by atoms with van der Waals surface area (Å²) in [5.41, 5.74) is -0.00562. The Morgan fingerprint density at radius 2 is 1.71 bits per heavy atom. The quantitative estimate of drug-likeness (QED) is 0.332. The second kappa shape index (κ2) is 9.73. The first-order valence-electron chi connectivity index (χ1n) is 12.6. The first kappa shape index (κ1) is 26.8. The van der Waals surface area contributed by atoms with Crippen molar-refractivity contribution >= 4 is 26.5 Å². The molecule has 2 saturated heterocycles. The maximum Gasteiger partial charge on any atom is 0.278 e. The van der Waals surface area contributed by atoms with E-state index in [-0.39, 0.29) is 17.0 Å². The molecule has 3 heterocycles. The van der Waals surface area contributed by atoms with E-state index in [1.807, 2.05) is 48.5 Å². The zero-order valence-corrected chi connectivity index (χ0v) is 24.8. The lowest BCUT2D eigenvalue weighted by atomic mass is 9.50. The normalized spacial score (nSPS) is 24.1. The molecule has 1 aromatic heterocycles. The van der Waals surface area contributed by atoms with Crippen LogP contribution in [0.3, 0.4) is 0 Å². The van der Waals surface area contributed by atoms with Crippen LogP contribution >= 0.6 is 0 Å². The lowest BCUT2D eigenvalue weighted by Crippen LogP contribution is -2.80. The number of hydrogen-bond acceptors (Lipinski definition) is 8. The van der Waals surface area contributed by atoms with Crippen molar-refractivity contribution in [1.29, 1.82) is 0 Å². The third-order valence-corrected chi connectivity index (χ3v) is 9.46. The zero-order valence-electron chi connectivity index (χ0n) is 22.0. The van der Waals surface area contributed by atoms with Crippen molar-refractivity contribution in [3.63, 3.8) is 0 Å². The van der Waals surface area contributed by atoms with Crippen LogP contribution in [0.2, 0.25) is 0 Å². The average molecular weight is 556 g/mol. The maximum absolute atomic E-state index is 14.0. The van der Waals surface area contributed by atoms with Gasteiger partial charge in [-0.15, -0.1) is 0 Å². The molecule has 5 rings (SSSR count). The standard InChI is InChI=1S/C27H33N3O6SSi/c1-25(2,3)26(19-10-6-4-7-11-19)18-30(27(26,36-38)20-12-8-5-9-13-20)24(31)22-16-34-23(29-22)17-37(32,33)35-21-14-28-15-21/h4-13,16,21,28H,14-15,17-18H2,1-3,38H3. The number of likely N-dealkylation sites (tertiary alicyclic amines) is 1. The van der Waals surface area contributed by atoms with Crippen LogP contribution in [0.4, 0.5) is 0 Å². The lowest BCUT2D eigenvalue weighted by molar-refractivity contribution is -0.247. The van der Waals surface area contributed by atoms with E-state index >= 15 is 0 Å². The molecule has 2 fully saturated rings. The largest absolute Gasteiger partial charge is 0.447 e. The summed E-state index contributed by atoms with van der Waals surface area (Å²) in [7, 11) is -3.54. The highest BCUT2D eigenvalue weighted by Crippen LogP contribution is 2.63. The Hall–Kier alpha value is -2.83. The van der Waals surface area contributed by atoms with E-state index in [9.17, 15) is 13.2 Å². The third-order valence-electron chi connectivity index (χ3n) is 7.70. The molecule has 1 amide bonds. The molecule has 2 atom stereocenters. The first-order chi connectivity index (χ1) is 18.0. The molecule has 38 heavy (non-hydrogen) atoms. The van der Waals surface area contributed by atoms with E-state index in [2.05, 4.69) is 43.2 Å². The van der Waals surface area contributed by atoms with E-state index in [1.165, 1.54) is 6.26 Å². The number of rotatable bonds is 8. The Bertz CT molecular complexity index is 1410. The fourth-order valence-electron chi connectivity index (χ4n) is 5.80. The Kier molecular flexibility index (Phi) is 6.85. The molecule has 2 aliphatic rings. The predicted molar refractivity (Wildman–Crippen MR) is 145 cm³/mol. The number of oxazole rings is 1. The van der Waals surface area contributed by atoms with Crippen molar-refractivity contribution in [2.45, 2.75) is 43.8 Å². The van der Waals surface area contributed by atoms with E-state index in [4.69, 9.17) is 13.0 Å². The zero-order chi connectivity index (χ0) is 27.2. The molecule has 2 aliphatic heterocycles. The summed E-state index contributed by atoms with van der Waals surface area (Å²) in [6.07, 6.45) is 0.818. The summed E-state index contributed by atoms with van der Waals surface area (Å²) in [4.78, 5) is 19.9. The van der Waals surface area contributed by atoms with Gasteiger partial charge in [-0.05, 0) is 11.0 Å². The second-order valence-corrected chi connectivity index (χ2v) is 12.8. The smallest absolute Gasteiger partial charge is 0.278 e. The van der Waals surface area contributed by atoms with Gasteiger partial charge in [-0.3, -0.25) is 8.98 Å². The minimum absolute atomic E-state index is 0.0232. The topological polar surface area (TPSA) is 111 Å². The molecule has 3 aromatic rings. The van der Waals surface area contributed by atoms with Crippen LogP contribution in [-0.2, 0) is 35.6 Å². The Morgan fingerprint density at radius 3 is 2.24 bits per heavy atom. The highest BCUT2D eigenvalue weighted by Gasteiger charge is 2.72. The molecule has 1 N–H and O–H groups in total. The van der Waals surface area contributed by atoms with Crippen molar-refractivity contribution in [3.05, 3.63) is 89.6 Å². The van der Waals surface area contributed by atoms with Gasteiger partial charge >= 0.3 is 0 Å². The van der Waals surface area contributed by atoms with Crippen LogP contribution in [0.5, 0.6) is 0 Å². The molecule has 202 valence electrons. The molecule has 0 spiro atoms. The highest BCUT2D eigenvalue weighted by atomic mass is 32.2. The van der Waals surface area contributed by atoms with Gasteiger partial charge in [0.25, 0.3) is 16.0 Å². The number of carbonyl (C=O) groups excluding carboxylic acids is 1. The number of amides is 1. The van der Waals surface area contributed by atoms with Crippen LogP contribution in [0.1, 0.15) is 48.3 Å². The summed E-state index contributed by atoms with van der Waals surface area (Å²) in [6.45, 7) is 7.82. The minimum atomic E-state index is -3.90. The van der Waals surface area contributed by atoms with Gasteiger partial charge in [-0.2, -0.15) is 8.42 Å². The number of aromatic nitrogens is 1. The second-order valence-electron chi connectivity index (χ2n) is 10.8. The van der Waals surface area contributed by atoms with Crippen LogP contribution in [0, 0.1) is 5.41 Å².